The number of halogens is 1. The van der Waals surface area contributed by atoms with Crippen molar-refractivity contribution in [2.75, 3.05) is 26.7 Å². The number of carbonyl (C=O) groups is 1. The van der Waals surface area contributed by atoms with E-state index in [4.69, 9.17) is 0 Å². The van der Waals surface area contributed by atoms with E-state index in [1.54, 1.807) is 6.07 Å². The molecule has 0 bridgehead atoms. The van der Waals surface area contributed by atoms with Crippen LogP contribution in [0.4, 0.5) is 9.18 Å². The summed E-state index contributed by atoms with van der Waals surface area (Å²) < 4.78 is 19.8. The summed E-state index contributed by atoms with van der Waals surface area (Å²) in [5.41, 5.74) is 1.77. The zero-order valence-corrected chi connectivity index (χ0v) is 18.4. The largest absolute Gasteiger partial charge is 0.453 e. The molecule has 2 atom stereocenters. The van der Waals surface area contributed by atoms with E-state index in [0.717, 1.165) is 36.9 Å². The first-order chi connectivity index (χ1) is 15.0. The van der Waals surface area contributed by atoms with Gasteiger partial charge in [-0.05, 0) is 61.4 Å². The smallest absolute Gasteiger partial charge is 0.406 e. The van der Waals surface area contributed by atoms with Gasteiger partial charge in [-0.3, -0.25) is 0 Å². The average Bonchev–Trinajstić information content (AvgIpc) is 2.81. The molecule has 5 nitrogen and oxygen atoms in total. The topological polar surface area (TPSA) is 70.6 Å². The minimum absolute atomic E-state index is 0.0470. The van der Waals surface area contributed by atoms with Crippen LogP contribution in [0.25, 0.3) is 11.1 Å². The molecule has 0 aromatic heterocycles. The highest BCUT2D eigenvalue weighted by atomic mass is 19.1. The number of hydrogen-bond donors (Lipinski definition) is 3. The lowest BCUT2D eigenvalue weighted by molar-refractivity contribution is -0.0417. The molecule has 3 rings (SSSR count). The van der Waals surface area contributed by atoms with E-state index >= 15 is 4.39 Å². The Morgan fingerprint density at radius 1 is 1.32 bits per heavy atom. The minimum Gasteiger partial charge on any atom is -0.453 e. The van der Waals surface area contributed by atoms with Gasteiger partial charge in [0.2, 0.25) is 0 Å². The van der Waals surface area contributed by atoms with Gasteiger partial charge in [-0.15, -0.1) is 0 Å². The highest BCUT2D eigenvalue weighted by Crippen LogP contribution is 2.43. The van der Waals surface area contributed by atoms with Gasteiger partial charge in [0, 0.05) is 24.6 Å². The summed E-state index contributed by atoms with van der Waals surface area (Å²) in [6, 6.07) is 12.8. The Labute approximate surface area is 184 Å². The second-order valence-electron chi connectivity index (χ2n) is 8.21. The van der Waals surface area contributed by atoms with E-state index in [-0.39, 0.29) is 11.7 Å². The van der Waals surface area contributed by atoms with Crippen molar-refractivity contribution in [2.24, 2.45) is 5.92 Å². The number of piperidine rings is 1. The molecule has 168 valence electrons. The van der Waals surface area contributed by atoms with Crippen molar-refractivity contribution in [3.8, 4) is 11.1 Å². The molecule has 6 heteroatoms. The lowest BCUT2D eigenvalue weighted by atomic mass is 9.72. The standard InChI is InChI=1S/C25H33FN2O3/c1-3-18-8-4-9-19(16-18)23-21(11-5-12-22(23)26)25(30,20-10-6-14-27-17-20)13-7-15-28-24(29)31-2/h4-5,8-9,11-12,16,20,27,30H,3,6-7,10,13-15,17H2,1-2H3,(H,28,29)/t20-,25+/m1/s1. The monoisotopic (exact) mass is 428 g/mol. The van der Waals surface area contributed by atoms with Crippen LogP contribution >= 0.6 is 0 Å². The van der Waals surface area contributed by atoms with E-state index in [1.165, 1.54) is 13.2 Å². The zero-order chi connectivity index (χ0) is 22.3. The third-order valence-corrected chi connectivity index (χ3v) is 6.27. The Balaban J connectivity index is 2.00. The van der Waals surface area contributed by atoms with E-state index in [9.17, 15) is 9.90 Å². The third kappa shape index (κ3) is 5.43. The molecule has 1 fully saturated rings. The highest BCUT2D eigenvalue weighted by molar-refractivity contribution is 5.70. The van der Waals surface area contributed by atoms with Crippen molar-refractivity contribution >= 4 is 6.09 Å². The first kappa shape index (κ1) is 23.2. The predicted molar refractivity (Wildman–Crippen MR) is 120 cm³/mol. The van der Waals surface area contributed by atoms with Gasteiger partial charge in [0.15, 0.2) is 0 Å². The summed E-state index contributed by atoms with van der Waals surface area (Å²) in [7, 11) is 1.32. The van der Waals surface area contributed by atoms with Gasteiger partial charge in [0.25, 0.3) is 0 Å². The van der Waals surface area contributed by atoms with E-state index < -0.39 is 11.7 Å². The lowest BCUT2D eigenvalue weighted by Gasteiger charge is -2.40. The number of alkyl carbamates (subject to hydrolysis) is 1. The zero-order valence-electron chi connectivity index (χ0n) is 18.4. The molecular weight excluding hydrogens is 395 g/mol. The van der Waals surface area contributed by atoms with Gasteiger partial charge in [-0.2, -0.15) is 0 Å². The fourth-order valence-electron chi connectivity index (χ4n) is 4.56. The molecule has 0 radical (unpaired) electrons. The Kier molecular flexibility index (Phi) is 8.04. The Morgan fingerprint density at radius 2 is 2.13 bits per heavy atom. The molecule has 0 aliphatic carbocycles. The van der Waals surface area contributed by atoms with Crippen molar-refractivity contribution < 1.29 is 19.0 Å². The first-order valence-electron chi connectivity index (χ1n) is 11.1. The number of carbonyl (C=O) groups excluding carboxylic acids is 1. The maximum Gasteiger partial charge on any atom is 0.406 e. The minimum atomic E-state index is -1.22. The number of aliphatic hydroxyl groups is 1. The summed E-state index contributed by atoms with van der Waals surface area (Å²) in [4.78, 5) is 11.4. The first-order valence-corrected chi connectivity index (χ1v) is 11.1. The molecule has 2 aromatic rings. The van der Waals surface area contributed by atoms with Crippen LogP contribution in [0.15, 0.2) is 42.5 Å². The summed E-state index contributed by atoms with van der Waals surface area (Å²) >= 11 is 0. The fraction of sp³-hybridized carbons (Fsp3) is 0.480. The van der Waals surface area contributed by atoms with E-state index in [2.05, 4.69) is 22.3 Å². The lowest BCUT2D eigenvalue weighted by Crippen LogP contribution is -2.45. The number of nitrogens with one attached hydrogen (secondary N) is 2. The maximum absolute atomic E-state index is 15.2. The van der Waals surface area contributed by atoms with Gasteiger partial charge in [-0.25, -0.2) is 9.18 Å². The fourth-order valence-corrected chi connectivity index (χ4v) is 4.56. The van der Waals surface area contributed by atoms with Crippen molar-refractivity contribution in [1.29, 1.82) is 0 Å². The molecule has 1 aliphatic heterocycles. The second kappa shape index (κ2) is 10.7. The van der Waals surface area contributed by atoms with Crippen LogP contribution in [0, 0.1) is 11.7 Å². The Morgan fingerprint density at radius 3 is 2.84 bits per heavy atom. The van der Waals surface area contributed by atoms with Crippen LogP contribution in [-0.2, 0) is 16.8 Å². The van der Waals surface area contributed by atoms with Crippen LogP contribution in [0.3, 0.4) is 0 Å². The van der Waals surface area contributed by atoms with Gasteiger partial charge >= 0.3 is 6.09 Å². The molecule has 2 aromatic carbocycles. The predicted octanol–water partition coefficient (Wildman–Crippen LogP) is 4.38. The summed E-state index contributed by atoms with van der Waals surface area (Å²) in [6.45, 7) is 4.04. The summed E-state index contributed by atoms with van der Waals surface area (Å²) in [5, 5.41) is 18.1. The van der Waals surface area contributed by atoms with Crippen molar-refractivity contribution in [1.82, 2.24) is 10.6 Å². The summed E-state index contributed by atoms with van der Waals surface area (Å²) in [5.74, 6) is -0.380. The number of ether oxygens (including phenoxy) is 1. The van der Waals surface area contributed by atoms with Gasteiger partial charge in [-0.1, -0.05) is 43.3 Å². The van der Waals surface area contributed by atoms with Crippen molar-refractivity contribution in [3.63, 3.8) is 0 Å². The molecule has 3 N–H and O–H groups in total. The van der Waals surface area contributed by atoms with Crippen molar-refractivity contribution in [3.05, 3.63) is 59.4 Å². The molecule has 1 amide bonds. The molecule has 1 aliphatic rings. The number of aryl methyl sites for hydroxylation is 1. The Bertz CT molecular complexity index is 883. The second-order valence-corrected chi connectivity index (χ2v) is 8.21. The SMILES string of the molecule is CCc1cccc(-c2c(F)cccc2[C@](O)(CCCNC(=O)OC)[C@@H]2CCCNC2)c1. The molecule has 0 unspecified atom stereocenters. The van der Waals surface area contributed by atoms with E-state index in [1.807, 2.05) is 30.3 Å². The van der Waals surface area contributed by atoms with Crippen LogP contribution in [0.5, 0.6) is 0 Å². The molecule has 1 heterocycles. The van der Waals surface area contributed by atoms with Crippen LogP contribution in [0.2, 0.25) is 0 Å². The molecule has 31 heavy (non-hydrogen) atoms. The molecule has 0 saturated carbocycles. The Hall–Kier alpha value is -2.44. The van der Waals surface area contributed by atoms with Gasteiger partial charge < -0.3 is 20.5 Å². The number of hydrogen-bond acceptors (Lipinski definition) is 4. The van der Waals surface area contributed by atoms with Gasteiger partial charge in [0.1, 0.15) is 5.82 Å². The van der Waals surface area contributed by atoms with E-state index in [0.29, 0.717) is 37.1 Å². The van der Waals surface area contributed by atoms with Crippen molar-refractivity contribution in [2.45, 2.75) is 44.6 Å². The van der Waals surface area contributed by atoms with Crippen LogP contribution in [0.1, 0.15) is 43.7 Å². The maximum atomic E-state index is 15.2. The quantitative estimate of drug-likeness (QED) is 0.546. The average molecular weight is 429 g/mol. The number of benzene rings is 2. The highest BCUT2D eigenvalue weighted by Gasteiger charge is 2.40. The molecule has 1 saturated heterocycles. The van der Waals surface area contributed by atoms with Gasteiger partial charge in [0.05, 0.1) is 12.7 Å². The number of amides is 1. The van der Waals surface area contributed by atoms with Crippen LogP contribution in [-0.4, -0.2) is 37.9 Å². The third-order valence-electron chi connectivity index (χ3n) is 6.27. The molecule has 0 spiro atoms. The number of methoxy groups -OCH3 is 1. The van der Waals surface area contributed by atoms with Crippen LogP contribution < -0.4 is 10.6 Å². The molecular formula is C25H33FN2O3. The normalized spacial score (nSPS) is 18.3. The summed E-state index contributed by atoms with van der Waals surface area (Å²) in [6.07, 6.45) is 3.14. The number of rotatable bonds is 8.